The van der Waals surface area contributed by atoms with Gasteiger partial charge in [-0.05, 0) is 38.5 Å². The van der Waals surface area contributed by atoms with Crippen LogP contribution in [0.2, 0.25) is 0 Å². The second-order valence-electron chi connectivity index (χ2n) is 6.93. The van der Waals surface area contributed by atoms with Crippen LogP contribution in [-0.4, -0.2) is 41.9 Å². The van der Waals surface area contributed by atoms with Gasteiger partial charge in [0.2, 0.25) is 11.8 Å². The predicted octanol–water partition coefficient (Wildman–Crippen LogP) is 0.631. The molecule has 5 heteroatoms. The molecule has 4 atom stereocenters. The maximum absolute atomic E-state index is 12.8. The maximum atomic E-state index is 12.8. The number of hydrogen-bond donors (Lipinski definition) is 2. The minimum atomic E-state index is -0.370. The topological polar surface area (TPSA) is 75.4 Å². The summed E-state index contributed by atoms with van der Waals surface area (Å²) in [6.07, 6.45) is 5.31. The van der Waals surface area contributed by atoms with E-state index in [1.165, 1.54) is 0 Å². The number of piperidine rings is 2. The molecule has 2 aliphatic heterocycles. The Balaban J connectivity index is 1.67. The molecule has 2 saturated heterocycles. The van der Waals surface area contributed by atoms with Gasteiger partial charge in [-0.15, -0.1) is 0 Å². The lowest BCUT2D eigenvalue weighted by Crippen LogP contribution is -2.58. The number of hydrogen-bond acceptors (Lipinski definition) is 3. The molecule has 1 saturated carbocycles. The number of nitrogens with zero attached hydrogens (tertiary/aromatic N) is 1. The monoisotopic (exact) mass is 279 g/mol. The van der Waals surface area contributed by atoms with Crippen LogP contribution in [0.15, 0.2) is 0 Å². The second-order valence-corrected chi connectivity index (χ2v) is 6.93. The Kier molecular flexibility index (Phi) is 3.48. The van der Waals surface area contributed by atoms with Crippen molar-refractivity contribution in [3.8, 4) is 0 Å². The fourth-order valence-electron chi connectivity index (χ4n) is 4.11. The summed E-state index contributed by atoms with van der Waals surface area (Å²) in [5.41, 5.74) is 5.80. The minimum absolute atomic E-state index is 0.00113. The van der Waals surface area contributed by atoms with E-state index in [2.05, 4.69) is 5.32 Å². The van der Waals surface area contributed by atoms with Crippen LogP contribution < -0.4 is 11.1 Å². The standard InChI is InChI=1S/C15H25N3O2/c1-15(7-2-3-12(15)16)14(20)18-8-6-11-10(9-18)4-5-13(19)17-11/h10-12H,2-9,16H2,1H3,(H,17,19). The highest BCUT2D eigenvalue weighted by molar-refractivity contribution is 5.84. The average Bonchev–Trinajstić information content (AvgIpc) is 2.78. The van der Waals surface area contributed by atoms with Gasteiger partial charge in [-0.1, -0.05) is 6.42 Å². The fourth-order valence-corrected chi connectivity index (χ4v) is 4.11. The van der Waals surface area contributed by atoms with E-state index in [9.17, 15) is 9.59 Å². The van der Waals surface area contributed by atoms with Crippen molar-refractivity contribution in [3.05, 3.63) is 0 Å². The van der Waals surface area contributed by atoms with Crippen LogP contribution >= 0.6 is 0 Å². The number of nitrogens with one attached hydrogen (secondary N) is 1. The third-order valence-electron chi connectivity index (χ3n) is 5.63. The van der Waals surface area contributed by atoms with Crippen LogP contribution in [0.25, 0.3) is 0 Å². The first-order valence-corrected chi connectivity index (χ1v) is 7.85. The number of amides is 2. The summed E-state index contributed by atoms with van der Waals surface area (Å²) in [6, 6.07) is 0.268. The third-order valence-corrected chi connectivity index (χ3v) is 5.63. The molecule has 0 spiro atoms. The zero-order valence-corrected chi connectivity index (χ0v) is 12.2. The van der Waals surface area contributed by atoms with Crippen LogP contribution in [0.1, 0.15) is 45.4 Å². The van der Waals surface area contributed by atoms with Crippen LogP contribution in [-0.2, 0) is 9.59 Å². The first-order valence-electron chi connectivity index (χ1n) is 7.85. The quantitative estimate of drug-likeness (QED) is 0.739. The summed E-state index contributed by atoms with van der Waals surface area (Å²) in [4.78, 5) is 26.3. The van der Waals surface area contributed by atoms with E-state index in [1.54, 1.807) is 0 Å². The van der Waals surface area contributed by atoms with Gasteiger partial charge in [0.15, 0.2) is 0 Å². The van der Waals surface area contributed by atoms with Crippen molar-refractivity contribution >= 4 is 11.8 Å². The largest absolute Gasteiger partial charge is 0.353 e. The van der Waals surface area contributed by atoms with Crippen molar-refractivity contribution in [2.45, 2.75) is 57.5 Å². The molecule has 3 rings (SSSR count). The van der Waals surface area contributed by atoms with Gasteiger partial charge in [0.05, 0.1) is 5.41 Å². The lowest BCUT2D eigenvalue weighted by atomic mass is 9.80. The molecule has 3 N–H and O–H groups in total. The zero-order chi connectivity index (χ0) is 14.3. The fraction of sp³-hybridized carbons (Fsp3) is 0.867. The Bertz CT molecular complexity index is 425. The summed E-state index contributed by atoms with van der Waals surface area (Å²) >= 11 is 0. The van der Waals surface area contributed by atoms with Gasteiger partial charge in [-0.3, -0.25) is 9.59 Å². The smallest absolute Gasteiger partial charge is 0.230 e. The Morgan fingerprint density at radius 2 is 2.20 bits per heavy atom. The van der Waals surface area contributed by atoms with Crippen LogP contribution in [0.4, 0.5) is 0 Å². The molecule has 0 aromatic carbocycles. The first-order chi connectivity index (χ1) is 9.50. The third kappa shape index (κ3) is 2.22. The number of rotatable bonds is 1. The molecule has 20 heavy (non-hydrogen) atoms. The van der Waals surface area contributed by atoms with E-state index in [1.807, 2.05) is 11.8 Å². The lowest BCUT2D eigenvalue weighted by Gasteiger charge is -2.44. The molecule has 0 aromatic heterocycles. The van der Waals surface area contributed by atoms with Gasteiger partial charge in [0, 0.05) is 31.6 Å². The molecule has 0 aromatic rings. The van der Waals surface area contributed by atoms with Crippen molar-refractivity contribution in [3.63, 3.8) is 0 Å². The zero-order valence-electron chi connectivity index (χ0n) is 12.2. The van der Waals surface area contributed by atoms with E-state index in [-0.39, 0.29) is 29.3 Å². The van der Waals surface area contributed by atoms with E-state index >= 15 is 0 Å². The van der Waals surface area contributed by atoms with E-state index in [0.29, 0.717) is 12.3 Å². The summed E-state index contributed by atoms with van der Waals surface area (Å²) in [5, 5.41) is 3.06. The molecule has 1 aliphatic carbocycles. The second kappa shape index (κ2) is 5.02. The summed E-state index contributed by atoms with van der Waals surface area (Å²) < 4.78 is 0. The number of nitrogens with two attached hydrogens (primary N) is 1. The number of likely N-dealkylation sites (tertiary alicyclic amines) is 1. The Labute approximate surface area is 120 Å². The van der Waals surface area contributed by atoms with E-state index < -0.39 is 0 Å². The van der Waals surface area contributed by atoms with E-state index in [0.717, 1.165) is 45.2 Å². The summed E-state index contributed by atoms with van der Waals surface area (Å²) in [5.74, 6) is 0.820. The van der Waals surface area contributed by atoms with Gasteiger partial charge >= 0.3 is 0 Å². The highest BCUT2D eigenvalue weighted by Gasteiger charge is 2.47. The van der Waals surface area contributed by atoms with Crippen molar-refractivity contribution in [2.24, 2.45) is 17.1 Å². The Morgan fingerprint density at radius 1 is 1.40 bits per heavy atom. The lowest BCUT2D eigenvalue weighted by molar-refractivity contribution is -0.144. The molecule has 4 unspecified atom stereocenters. The number of carbonyl (C=O) groups is 2. The highest BCUT2D eigenvalue weighted by Crippen LogP contribution is 2.39. The van der Waals surface area contributed by atoms with Crippen molar-refractivity contribution in [1.29, 1.82) is 0 Å². The summed E-state index contributed by atoms with van der Waals surface area (Å²) in [7, 11) is 0. The van der Waals surface area contributed by atoms with Gasteiger partial charge in [0.1, 0.15) is 0 Å². The van der Waals surface area contributed by atoms with Crippen LogP contribution in [0, 0.1) is 11.3 Å². The molecular weight excluding hydrogens is 254 g/mol. The van der Waals surface area contributed by atoms with Crippen LogP contribution in [0.3, 0.4) is 0 Å². The van der Waals surface area contributed by atoms with Crippen LogP contribution in [0.5, 0.6) is 0 Å². The predicted molar refractivity (Wildman–Crippen MR) is 75.8 cm³/mol. The summed E-state index contributed by atoms with van der Waals surface area (Å²) in [6.45, 7) is 3.57. The van der Waals surface area contributed by atoms with Crippen molar-refractivity contribution < 1.29 is 9.59 Å². The molecular formula is C15H25N3O2. The molecule has 3 aliphatic rings. The van der Waals surface area contributed by atoms with Gasteiger partial charge < -0.3 is 16.0 Å². The highest BCUT2D eigenvalue weighted by atomic mass is 16.2. The number of carbonyl (C=O) groups excluding carboxylic acids is 2. The van der Waals surface area contributed by atoms with Gasteiger partial charge in [-0.2, -0.15) is 0 Å². The maximum Gasteiger partial charge on any atom is 0.230 e. The molecule has 5 nitrogen and oxygen atoms in total. The minimum Gasteiger partial charge on any atom is -0.353 e. The molecule has 3 fully saturated rings. The molecule has 0 bridgehead atoms. The van der Waals surface area contributed by atoms with Gasteiger partial charge in [0.25, 0.3) is 0 Å². The molecule has 2 amide bonds. The normalized spacial score (nSPS) is 41.2. The first kappa shape index (κ1) is 13.9. The SMILES string of the molecule is CC1(C(=O)N2CCC3NC(=O)CCC3C2)CCCC1N. The van der Waals surface area contributed by atoms with Crippen molar-refractivity contribution in [1.82, 2.24) is 10.2 Å². The van der Waals surface area contributed by atoms with Crippen molar-refractivity contribution in [2.75, 3.05) is 13.1 Å². The average molecular weight is 279 g/mol. The molecule has 0 radical (unpaired) electrons. The Morgan fingerprint density at radius 3 is 2.90 bits per heavy atom. The Hall–Kier alpha value is -1.10. The van der Waals surface area contributed by atoms with E-state index in [4.69, 9.17) is 5.73 Å². The number of fused-ring (bicyclic) bond motifs is 1. The molecule has 2 heterocycles. The van der Waals surface area contributed by atoms with Gasteiger partial charge in [-0.25, -0.2) is 0 Å². The molecule has 112 valence electrons.